The minimum absolute atomic E-state index is 0.192. The van der Waals surface area contributed by atoms with Crippen LogP contribution in [0.25, 0.3) is 0 Å². The normalized spacial score (nSPS) is 11.5. The molecule has 0 aliphatic rings. The van der Waals surface area contributed by atoms with Crippen molar-refractivity contribution >= 4 is 51.0 Å². The number of nitrogens with one attached hydrogen (secondary N) is 1. The first kappa shape index (κ1) is 22.8. The van der Waals surface area contributed by atoms with Crippen molar-refractivity contribution in [1.82, 2.24) is 5.43 Å². The smallest absolute Gasteiger partial charge is 0.267 e. The number of halogens is 2. The van der Waals surface area contributed by atoms with Gasteiger partial charge in [-0.1, -0.05) is 59.6 Å². The van der Waals surface area contributed by atoms with Gasteiger partial charge in [0.1, 0.15) is 0 Å². The van der Waals surface area contributed by atoms with E-state index in [1.54, 1.807) is 42.5 Å². The fourth-order valence-corrected chi connectivity index (χ4v) is 4.11. The molecule has 9 heteroatoms. The molecule has 3 aromatic rings. The van der Waals surface area contributed by atoms with E-state index in [-0.39, 0.29) is 6.54 Å². The summed E-state index contributed by atoms with van der Waals surface area (Å²) in [6.45, 7) is 0.192. The van der Waals surface area contributed by atoms with Gasteiger partial charge in [0, 0.05) is 16.1 Å². The van der Waals surface area contributed by atoms with Crippen molar-refractivity contribution in [2.45, 2.75) is 6.54 Å². The summed E-state index contributed by atoms with van der Waals surface area (Å²) in [7, 11) is -3.51. The zero-order chi connectivity index (χ0) is 22.4. The average molecular weight is 476 g/mol. The van der Waals surface area contributed by atoms with E-state index in [0.717, 1.165) is 11.8 Å². The molecule has 31 heavy (non-hydrogen) atoms. The zero-order valence-electron chi connectivity index (χ0n) is 16.5. The number of anilines is 1. The van der Waals surface area contributed by atoms with Crippen molar-refractivity contribution < 1.29 is 13.2 Å². The van der Waals surface area contributed by atoms with Crippen molar-refractivity contribution in [2.75, 3.05) is 10.6 Å². The molecule has 0 unspecified atom stereocenters. The molecule has 1 amide bonds. The van der Waals surface area contributed by atoms with Gasteiger partial charge in [0.25, 0.3) is 5.91 Å². The summed E-state index contributed by atoms with van der Waals surface area (Å²) in [5.74, 6) is -0.443. The molecule has 0 saturated carbocycles. The Balaban J connectivity index is 1.71. The number of sulfonamides is 1. The lowest BCUT2D eigenvalue weighted by atomic mass is 10.2. The fourth-order valence-electron chi connectivity index (χ4n) is 2.76. The van der Waals surface area contributed by atoms with Crippen LogP contribution in [0.2, 0.25) is 10.0 Å². The van der Waals surface area contributed by atoms with Gasteiger partial charge in [0.15, 0.2) is 0 Å². The number of hydrazone groups is 1. The monoisotopic (exact) mass is 475 g/mol. The summed E-state index contributed by atoms with van der Waals surface area (Å²) < 4.78 is 25.9. The second kappa shape index (κ2) is 9.96. The average Bonchev–Trinajstić information content (AvgIpc) is 2.73. The second-order valence-electron chi connectivity index (χ2n) is 6.67. The van der Waals surface area contributed by atoms with E-state index >= 15 is 0 Å². The topological polar surface area (TPSA) is 78.8 Å². The van der Waals surface area contributed by atoms with Crippen LogP contribution in [0.3, 0.4) is 0 Å². The van der Waals surface area contributed by atoms with Crippen LogP contribution < -0.4 is 9.73 Å². The molecule has 0 atom stereocenters. The Kier molecular flexibility index (Phi) is 7.33. The maximum atomic E-state index is 12.3. The van der Waals surface area contributed by atoms with Gasteiger partial charge in [-0.2, -0.15) is 5.10 Å². The molecule has 0 spiro atoms. The molecular weight excluding hydrogens is 457 g/mol. The summed E-state index contributed by atoms with van der Waals surface area (Å²) in [6, 6.07) is 20.4. The summed E-state index contributed by atoms with van der Waals surface area (Å²) in [5, 5.41) is 4.82. The number of amides is 1. The van der Waals surface area contributed by atoms with Gasteiger partial charge in [-0.15, -0.1) is 0 Å². The molecule has 1 N–H and O–H groups in total. The van der Waals surface area contributed by atoms with Crippen LogP contribution in [-0.2, 0) is 16.6 Å². The molecule has 0 saturated heterocycles. The lowest BCUT2D eigenvalue weighted by Crippen LogP contribution is -2.29. The van der Waals surface area contributed by atoms with Crippen molar-refractivity contribution in [3.63, 3.8) is 0 Å². The molecule has 0 radical (unpaired) electrons. The quantitative estimate of drug-likeness (QED) is 0.396. The Hall–Kier alpha value is -2.87. The molecule has 3 rings (SSSR count). The first-order valence-corrected chi connectivity index (χ1v) is 11.7. The van der Waals surface area contributed by atoms with Gasteiger partial charge < -0.3 is 0 Å². The Labute approximate surface area is 191 Å². The summed E-state index contributed by atoms with van der Waals surface area (Å²) in [4.78, 5) is 12.3. The Morgan fingerprint density at radius 1 is 1.03 bits per heavy atom. The largest absolute Gasteiger partial charge is 0.271 e. The van der Waals surface area contributed by atoms with Crippen molar-refractivity contribution in [2.24, 2.45) is 5.10 Å². The molecule has 0 heterocycles. The maximum Gasteiger partial charge on any atom is 0.271 e. The Bertz CT molecular complexity index is 1200. The van der Waals surface area contributed by atoms with Gasteiger partial charge in [0.2, 0.25) is 10.0 Å². The number of nitrogens with zero attached hydrogens (tertiary/aromatic N) is 2. The molecular formula is C22H19Cl2N3O3S. The van der Waals surface area contributed by atoms with Crippen LogP contribution in [0.1, 0.15) is 21.5 Å². The number of carbonyl (C=O) groups is 1. The van der Waals surface area contributed by atoms with Crippen LogP contribution >= 0.6 is 23.2 Å². The first-order chi connectivity index (χ1) is 14.7. The molecule has 0 aliphatic carbocycles. The van der Waals surface area contributed by atoms with Crippen molar-refractivity contribution in [1.29, 1.82) is 0 Å². The molecule has 0 aromatic heterocycles. The lowest BCUT2D eigenvalue weighted by molar-refractivity contribution is 0.0955. The van der Waals surface area contributed by atoms with E-state index in [4.69, 9.17) is 23.2 Å². The number of rotatable bonds is 7. The van der Waals surface area contributed by atoms with Gasteiger partial charge in [-0.3, -0.25) is 9.10 Å². The molecule has 3 aromatic carbocycles. The van der Waals surface area contributed by atoms with Gasteiger partial charge in [-0.25, -0.2) is 13.8 Å². The number of hydrogen-bond donors (Lipinski definition) is 1. The summed E-state index contributed by atoms with van der Waals surface area (Å²) >= 11 is 11.9. The first-order valence-electron chi connectivity index (χ1n) is 9.14. The van der Waals surface area contributed by atoms with E-state index in [9.17, 15) is 13.2 Å². The van der Waals surface area contributed by atoms with E-state index in [1.165, 1.54) is 10.5 Å². The van der Waals surface area contributed by atoms with E-state index in [0.29, 0.717) is 26.9 Å². The maximum absolute atomic E-state index is 12.3. The highest BCUT2D eigenvalue weighted by molar-refractivity contribution is 7.92. The van der Waals surface area contributed by atoms with Crippen LogP contribution in [0.5, 0.6) is 0 Å². The SMILES string of the molecule is CS(=O)(=O)N(Cc1ccccc1)c1ccc(C(=O)N/N=C/c2ccc(Cl)cc2Cl)cc1. The van der Waals surface area contributed by atoms with Gasteiger partial charge in [0.05, 0.1) is 29.7 Å². The van der Waals surface area contributed by atoms with E-state index in [1.807, 2.05) is 30.3 Å². The number of carbonyl (C=O) groups excluding carboxylic acids is 1. The predicted octanol–water partition coefficient (Wildman–Crippen LogP) is 4.72. The number of hydrogen-bond acceptors (Lipinski definition) is 4. The minimum Gasteiger partial charge on any atom is -0.267 e. The molecule has 0 bridgehead atoms. The molecule has 0 fully saturated rings. The van der Waals surface area contributed by atoms with Crippen LogP contribution in [-0.4, -0.2) is 26.8 Å². The lowest BCUT2D eigenvalue weighted by Gasteiger charge is -2.22. The van der Waals surface area contributed by atoms with Crippen molar-refractivity contribution in [3.8, 4) is 0 Å². The zero-order valence-corrected chi connectivity index (χ0v) is 18.8. The summed E-state index contributed by atoms with van der Waals surface area (Å²) in [6.07, 6.45) is 2.56. The van der Waals surface area contributed by atoms with E-state index < -0.39 is 15.9 Å². The van der Waals surface area contributed by atoms with Gasteiger partial charge in [-0.05, 0) is 42.0 Å². The molecule has 160 valence electrons. The second-order valence-corrected chi connectivity index (χ2v) is 9.42. The highest BCUT2D eigenvalue weighted by Gasteiger charge is 2.18. The third-order valence-electron chi connectivity index (χ3n) is 4.32. The third kappa shape index (κ3) is 6.30. The van der Waals surface area contributed by atoms with Crippen LogP contribution in [0.4, 0.5) is 5.69 Å². The Morgan fingerprint density at radius 2 is 1.71 bits per heavy atom. The fraction of sp³-hybridized carbons (Fsp3) is 0.0909. The molecule has 6 nitrogen and oxygen atoms in total. The van der Waals surface area contributed by atoms with E-state index in [2.05, 4.69) is 10.5 Å². The predicted molar refractivity (Wildman–Crippen MR) is 125 cm³/mol. The Morgan fingerprint density at radius 3 is 2.32 bits per heavy atom. The molecule has 0 aliphatic heterocycles. The highest BCUT2D eigenvalue weighted by Crippen LogP contribution is 2.22. The van der Waals surface area contributed by atoms with Crippen LogP contribution in [0, 0.1) is 0 Å². The van der Waals surface area contributed by atoms with Crippen molar-refractivity contribution in [3.05, 3.63) is 99.5 Å². The minimum atomic E-state index is -3.51. The summed E-state index contributed by atoms with van der Waals surface area (Å²) in [5.41, 5.74) is 4.66. The van der Waals surface area contributed by atoms with Gasteiger partial charge >= 0.3 is 0 Å². The van der Waals surface area contributed by atoms with Crippen LogP contribution in [0.15, 0.2) is 77.9 Å². The number of benzene rings is 3. The highest BCUT2D eigenvalue weighted by atomic mass is 35.5. The third-order valence-corrected chi connectivity index (χ3v) is 6.02. The standard InChI is InChI=1S/C22H19Cl2N3O3S/c1-31(29,30)27(15-16-5-3-2-4-6-16)20-11-8-17(9-12-20)22(28)26-25-14-18-7-10-19(23)13-21(18)24/h2-14H,15H2,1H3,(H,26,28)/b25-14+.